The van der Waals surface area contributed by atoms with Gasteiger partial charge >= 0.3 is 0 Å². The predicted octanol–water partition coefficient (Wildman–Crippen LogP) is 2.65. The summed E-state index contributed by atoms with van der Waals surface area (Å²) in [6.07, 6.45) is 1.95. The standard InChI is InChI=1S/C17H22N6/c1-12-9-16(19-18-12)10-23-11-17(20-21-23)15-7-5-14(6-8-15)13(2)22(3)4/h5-9,11,13H,10H2,1-4H3,(H,18,19)/t13-/m0/s1. The van der Waals surface area contributed by atoms with Crippen LogP contribution in [0.4, 0.5) is 0 Å². The lowest BCUT2D eigenvalue weighted by atomic mass is 10.0. The third kappa shape index (κ3) is 3.48. The van der Waals surface area contributed by atoms with Crippen molar-refractivity contribution < 1.29 is 0 Å². The number of benzene rings is 1. The number of hydrogen-bond acceptors (Lipinski definition) is 4. The van der Waals surface area contributed by atoms with Gasteiger partial charge in [-0.05, 0) is 39.6 Å². The van der Waals surface area contributed by atoms with E-state index in [1.165, 1.54) is 5.56 Å². The summed E-state index contributed by atoms with van der Waals surface area (Å²) >= 11 is 0. The maximum Gasteiger partial charge on any atom is 0.113 e. The van der Waals surface area contributed by atoms with Crippen LogP contribution in [0.5, 0.6) is 0 Å². The van der Waals surface area contributed by atoms with Crippen molar-refractivity contribution >= 4 is 0 Å². The van der Waals surface area contributed by atoms with Gasteiger partial charge in [-0.15, -0.1) is 5.10 Å². The molecule has 3 aromatic rings. The van der Waals surface area contributed by atoms with Crippen molar-refractivity contribution in [2.75, 3.05) is 14.1 Å². The number of nitrogens with zero attached hydrogens (tertiary/aromatic N) is 5. The van der Waals surface area contributed by atoms with Gasteiger partial charge in [0.2, 0.25) is 0 Å². The normalized spacial score (nSPS) is 12.7. The molecule has 0 saturated carbocycles. The molecule has 23 heavy (non-hydrogen) atoms. The minimum Gasteiger partial charge on any atom is -0.303 e. The van der Waals surface area contributed by atoms with Crippen LogP contribution in [0.3, 0.4) is 0 Å². The second-order valence-electron chi connectivity index (χ2n) is 6.11. The van der Waals surface area contributed by atoms with Gasteiger partial charge in [-0.2, -0.15) is 5.10 Å². The number of H-pyrrole nitrogens is 1. The Morgan fingerprint density at radius 2 is 1.96 bits per heavy atom. The molecule has 120 valence electrons. The average Bonchev–Trinajstić information content (AvgIpc) is 3.16. The molecular formula is C17H22N6. The van der Waals surface area contributed by atoms with E-state index in [9.17, 15) is 0 Å². The van der Waals surface area contributed by atoms with Gasteiger partial charge in [0.1, 0.15) is 5.69 Å². The van der Waals surface area contributed by atoms with Crippen LogP contribution >= 0.6 is 0 Å². The zero-order valence-corrected chi connectivity index (χ0v) is 14.0. The lowest BCUT2D eigenvalue weighted by Crippen LogP contribution is -2.16. The quantitative estimate of drug-likeness (QED) is 0.787. The first-order valence-electron chi connectivity index (χ1n) is 7.70. The van der Waals surface area contributed by atoms with E-state index in [-0.39, 0.29) is 0 Å². The molecule has 6 nitrogen and oxygen atoms in total. The van der Waals surface area contributed by atoms with Crippen LogP contribution in [0, 0.1) is 6.92 Å². The fourth-order valence-corrected chi connectivity index (χ4v) is 2.46. The summed E-state index contributed by atoms with van der Waals surface area (Å²) in [6.45, 7) is 4.80. The lowest BCUT2D eigenvalue weighted by molar-refractivity contribution is 0.321. The second-order valence-corrected chi connectivity index (χ2v) is 6.11. The number of nitrogens with one attached hydrogen (secondary N) is 1. The first-order chi connectivity index (χ1) is 11.0. The molecule has 0 bridgehead atoms. The molecule has 1 atom stereocenters. The van der Waals surface area contributed by atoms with Crippen molar-refractivity contribution in [1.29, 1.82) is 0 Å². The van der Waals surface area contributed by atoms with E-state index < -0.39 is 0 Å². The summed E-state index contributed by atoms with van der Waals surface area (Å²) in [5.74, 6) is 0. The van der Waals surface area contributed by atoms with E-state index in [0.29, 0.717) is 12.6 Å². The molecular weight excluding hydrogens is 288 g/mol. The monoisotopic (exact) mass is 310 g/mol. The Morgan fingerprint density at radius 3 is 2.57 bits per heavy atom. The molecule has 6 heteroatoms. The number of aromatic amines is 1. The summed E-state index contributed by atoms with van der Waals surface area (Å²) in [7, 11) is 4.17. The van der Waals surface area contributed by atoms with Crippen LogP contribution in [0.25, 0.3) is 11.3 Å². The molecule has 0 spiro atoms. The average molecular weight is 310 g/mol. The molecule has 0 fully saturated rings. The van der Waals surface area contributed by atoms with Gasteiger partial charge in [-0.1, -0.05) is 29.5 Å². The molecule has 1 N–H and O–H groups in total. The molecule has 0 saturated heterocycles. The van der Waals surface area contributed by atoms with E-state index >= 15 is 0 Å². The Balaban J connectivity index is 1.75. The first-order valence-corrected chi connectivity index (χ1v) is 7.70. The smallest absolute Gasteiger partial charge is 0.113 e. The SMILES string of the molecule is Cc1cc(Cn2cc(-c3ccc([C@H](C)N(C)C)cc3)nn2)n[nH]1. The molecule has 0 aliphatic carbocycles. The topological polar surface area (TPSA) is 62.6 Å². The van der Waals surface area contributed by atoms with Gasteiger partial charge in [0.15, 0.2) is 0 Å². The first kappa shape index (κ1) is 15.4. The van der Waals surface area contributed by atoms with Crippen LogP contribution in [-0.4, -0.2) is 44.2 Å². The number of aromatic nitrogens is 5. The van der Waals surface area contributed by atoms with Crippen molar-refractivity contribution in [1.82, 2.24) is 30.1 Å². The zero-order chi connectivity index (χ0) is 16.4. The van der Waals surface area contributed by atoms with Crippen molar-refractivity contribution in [3.8, 4) is 11.3 Å². The molecule has 0 aliphatic heterocycles. The maximum absolute atomic E-state index is 4.26. The highest BCUT2D eigenvalue weighted by molar-refractivity contribution is 5.58. The highest BCUT2D eigenvalue weighted by Gasteiger charge is 2.09. The minimum absolute atomic E-state index is 0.391. The van der Waals surface area contributed by atoms with Gasteiger partial charge in [-0.25, -0.2) is 4.68 Å². The van der Waals surface area contributed by atoms with Crippen LogP contribution < -0.4 is 0 Å². The van der Waals surface area contributed by atoms with E-state index in [4.69, 9.17) is 0 Å². The van der Waals surface area contributed by atoms with E-state index in [1.54, 1.807) is 4.68 Å². The third-order valence-electron chi connectivity index (χ3n) is 4.09. The molecule has 0 unspecified atom stereocenters. The Kier molecular flexibility index (Phi) is 4.25. The van der Waals surface area contributed by atoms with Crippen molar-refractivity contribution in [3.63, 3.8) is 0 Å². The van der Waals surface area contributed by atoms with Crippen molar-refractivity contribution in [2.24, 2.45) is 0 Å². The zero-order valence-electron chi connectivity index (χ0n) is 14.0. The summed E-state index contributed by atoms with van der Waals surface area (Å²) in [5.41, 5.74) is 5.24. The van der Waals surface area contributed by atoms with Gasteiger partial charge in [0.05, 0.1) is 18.4 Å². The van der Waals surface area contributed by atoms with Crippen LogP contribution in [-0.2, 0) is 6.54 Å². The fraction of sp³-hybridized carbons (Fsp3) is 0.353. The number of aryl methyl sites for hydroxylation is 1. The molecule has 0 aliphatic rings. The highest BCUT2D eigenvalue weighted by atomic mass is 15.4. The summed E-state index contributed by atoms with van der Waals surface area (Å²) in [6, 6.07) is 10.9. The Hall–Kier alpha value is -2.47. The fourth-order valence-electron chi connectivity index (χ4n) is 2.46. The Bertz CT molecular complexity index is 768. The largest absolute Gasteiger partial charge is 0.303 e. The van der Waals surface area contributed by atoms with Gasteiger partial charge < -0.3 is 4.90 Å². The van der Waals surface area contributed by atoms with Crippen molar-refractivity contribution in [2.45, 2.75) is 26.4 Å². The van der Waals surface area contributed by atoms with Crippen LogP contribution in [0.2, 0.25) is 0 Å². The Morgan fingerprint density at radius 1 is 1.22 bits per heavy atom. The van der Waals surface area contributed by atoms with Gasteiger partial charge in [0.25, 0.3) is 0 Å². The lowest BCUT2D eigenvalue weighted by Gasteiger charge is -2.20. The number of rotatable bonds is 5. The van der Waals surface area contributed by atoms with Crippen LogP contribution in [0.15, 0.2) is 36.5 Å². The van der Waals surface area contributed by atoms with E-state index in [2.05, 4.69) is 70.7 Å². The predicted molar refractivity (Wildman–Crippen MR) is 90.0 cm³/mol. The summed E-state index contributed by atoms with van der Waals surface area (Å²) in [4.78, 5) is 2.19. The summed E-state index contributed by atoms with van der Waals surface area (Å²) in [5, 5.41) is 15.6. The maximum atomic E-state index is 4.26. The van der Waals surface area contributed by atoms with Gasteiger partial charge in [0, 0.05) is 17.3 Å². The summed E-state index contributed by atoms with van der Waals surface area (Å²) < 4.78 is 1.81. The second kappa shape index (κ2) is 6.34. The molecule has 1 aromatic carbocycles. The molecule has 3 rings (SSSR count). The molecule has 0 radical (unpaired) electrons. The van der Waals surface area contributed by atoms with Gasteiger partial charge in [-0.3, -0.25) is 5.10 Å². The Labute approximate surface area is 136 Å². The molecule has 0 amide bonds. The molecule has 2 heterocycles. The minimum atomic E-state index is 0.391. The highest BCUT2D eigenvalue weighted by Crippen LogP contribution is 2.22. The molecule has 2 aromatic heterocycles. The number of hydrogen-bond donors (Lipinski definition) is 1. The van der Waals surface area contributed by atoms with Crippen molar-refractivity contribution in [3.05, 3.63) is 53.5 Å². The van der Waals surface area contributed by atoms with E-state index in [0.717, 1.165) is 22.6 Å². The van der Waals surface area contributed by atoms with E-state index in [1.807, 2.05) is 19.2 Å². The third-order valence-corrected chi connectivity index (χ3v) is 4.09. The van der Waals surface area contributed by atoms with Crippen LogP contribution in [0.1, 0.15) is 29.9 Å².